The number of para-hydroxylation sites is 1. The minimum Gasteiger partial charge on any atom is -0.383 e. The Morgan fingerprint density at radius 3 is 2.48 bits per heavy atom. The van der Waals surface area contributed by atoms with E-state index in [1.165, 1.54) is 11.8 Å². The highest BCUT2D eigenvalue weighted by molar-refractivity contribution is 8.00. The number of carbonyl (C=O) groups excluding carboxylic acids is 1. The molecular weight excluding hydrogens is 458 g/mol. The van der Waals surface area contributed by atoms with Crippen LogP contribution in [0.25, 0.3) is 10.9 Å². The zero-order valence-corrected chi connectivity index (χ0v) is 19.5. The van der Waals surface area contributed by atoms with Crippen LogP contribution in [0.5, 0.6) is 0 Å². The SMILES string of the molecule is COCCn1c(S[C@H](C(=O)Nc2ccccc2)c2ccccc2)nc2cc(Cl)ccc2c1=O. The molecule has 8 heteroatoms. The van der Waals surface area contributed by atoms with Gasteiger partial charge in [0.2, 0.25) is 5.91 Å². The summed E-state index contributed by atoms with van der Waals surface area (Å²) >= 11 is 7.37. The number of rotatable bonds is 8. The van der Waals surface area contributed by atoms with E-state index >= 15 is 0 Å². The number of hydrogen-bond donors (Lipinski definition) is 1. The maximum Gasteiger partial charge on any atom is 0.262 e. The van der Waals surface area contributed by atoms with Crippen LogP contribution in [0.4, 0.5) is 5.69 Å². The number of amides is 1. The maximum absolute atomic E-state index is 13.4. The number of aromatic nitrogens is 2. The zero-order chi connectivity index (χ0) is 23.2. The Kier molecular flexibility index (Phi) is 7.44. The summed E-state index contributed by atoms with van der Waals surface area (Å²) in [4.78, 5) is 31.3. The quantitative estimate of drug-likeness (QED) is 0.279. The molecule has 168 valence electrons. The van der Waals surface area contributed by atoms with Gasteiger partial charge in [-0.2, -0.15) is 0 Å². The molecule has 0 saturated heterocycles. The highest BCUT2D eigenvalue weighted by Gasteiger charge is 2.25. The summed E-state index contributed by atoms with van der Waals surface area (Å²) in [6.07, 6.45) is 0. The molecule has 0 aliphatic carbocycles. The number of hydrogen-bond acceptors (Lipinski definition) is 5. The number of nitrogens with one attached hydrogen (secondary N) is 1. The molecule has 0 spiro atoms. The molecule has 4 rings (SSSR count). The van der Waals surface area contributed by atoms with Crippen LogP contribution in [0.3, 0.4) is 0 Å². The second-order valence-electron chi connectivity index (χ2n) is 7.27. The maximum atomic E-state index is 13.4. The summed E-state index contributed by atoms with van der Waals surface area (Å²) in [6, 6.07) is 23.7. The Bertz CT molecular complexity index is 1310. The fourth-order valence-electron chi connectivity index (χ4n) is 3.38. The lowest BCUT2D eigenvalue weighted by Gasteiger charge is -2.19. The van der Waals surface area contributed by atoms with Crippen LogP contribution in [-0.2, 0) is 16.1 Å². The van der Waals surface area contributed by atoms with Gasteiger partial charge in [-0.3, -0.25) is 14.2 Å². The molecule has 1 N–H and O–H groups in total. The first-order chi connectivity index (χ1) is 16.1. The van der Waals surface area contributed by atoms with E-state index in [0.29, 0.717) is 39.9 Å². The lowest BCUT2D eigenvalue weighted by Crippen LogP contribution is -2.26. The van der Waals surface area contributed by atoms with E-state index in [2.05, 4.69) is 5.32 Å². The van der Waals surface area contributed by atoms with Gasteiger partial charge in [0.15, 0.2) is 5.16 Å². The van der Waals surface area contributed by atoms with Crippen molar-refractivity contribution in [1.29, 1.82) is 0 Å². The Balaban J connectivity index is 1.78. The number of thioether (sulfide) groups is 1. The molecule has 0 unspecified atom stereocenters. The molecule has 33 heavy (non-hydrogen) atoms. The number of carbonyl (C=O) groups is 1. The summed E-state index contributed by atoms with van der Waals surface area (Å²) in [5.41, 5.74) is 1.78. The number of fused-ring (bicyclic) bond motifs is 1. The molecule has 1 amide bonds. The van der Waals surface area contributed by atoms with Crippen molar-refractivity contribution >= 4 is 45.9 Å². The van der Waals surface area contributed by atoms with Crippen molar-refractivity contribution in [3.05, 3.63) is 99.8 Å². The number of halogens is 1. The van der Waals surface area contributed by atoms with Gasteiger partial charge >= 0.3 is 0 Å². The molecule has 0 radical (unpaired) electrons. The van der Waals surface area contributed by atoms with Gasteiger partial charge in [0.25, 0.3) is 5.56 Å². The van der Waals surface area contributed by atoms with Gasteiger partial charge in [0.05, 0.1) is 24.1 Å². The molecule has 4 aromatic rings. The summed E-state index contributed by atoms with van der Waals surface area (Å²) in [7, 11) is 1.58. The van der Waals surface area contributed by atoms with Crippen LogP contribution in [0, 0.1) is 0 Å². The highest BCUT2D eigenvalue weighted by Crippen LogP contribution is 2.35. The topological polar surface area (TPSA) is 73.2 Å². The molecule has 3 aromatic carbocycles. The largest absolute Gasteiger partial charge is 0.383 e. The third kappa shape index (κ3) is 5.45. The van der Waals surface area contributed by atoms with Crippen molar-refractivity contribution in [2.75, 3.05) is 19.0 Å². The average molecular weight is 480 g/mol. The van der Waals surface area contributed by atoms with Crippen molar-refractivity contribution in [1.82, 2.24) is 9.55 Å². The highest BCUT2D eigenvalue weighted by atomic mass is 35.5. The smallest absolute Gasteiger partial charge is 0.262 e. The predicted octanol–water partition coefficient (Wildman–Crippen LogP) is 5.17. The molecule has 6 nitrogen and oxygen atoms in total. The van der Waals surface area contributed by atoms with Crippen LogP contribution in [0.2, 0.25) is 5.02 Å². The van der Waals surface area contributed by atoms with Crippen molar-refractivity contribution in [2.45, 2.75) is 17.0 Å². The molecule has 1 aromatic heterocycles. The van der Waals surface area contributed by atoms with Crippen LogP contribution in [0.15, 0.2) is 88.8 Å². The minimum absolute atomic E-state index is 0.202. The number of benzene rings is 3. The summed E-state index contributed by atoms with van der Waals surface area (Å²) < 4.78 is 6.76. The van der Waals surface area contributed by atoms with Gasteiger partial charge in [-0.05, 0) is 35.9 Å². The van der Waals surface area contributed by atoms with Crippen LogP contribution in [0.1, 0.15) is 10.8 Å². The molecule has 0 saturated carbocycles. The zero-order valence-electron chi connectivity index (χ0n) is 17.9. The van der Waals surface area contributed by atoms with E-state index in [1.807, 2.05) is 60.7 Å². The Labute approximate surface area is 200 Å². The van der Waals surface area contributed by atoms with Gasteiger partial charge in [0, 0.05) is 17.8 Å². The van der Waals surface area contributed by atoms with Gasteiger partial charge in [-0.15, -0.1) is 0 Å². The second-order valence-corrected chi connectivity index (χ2v) is 8.78. The molecule has 0 aliphatic rings. The monoisotopic (exact) mass is 479 g/mol. The van der Waals surface area contributed by atoms with Crippen molar-refractivity contribution in [3.63, 3.8) is 0 Å². The number of anilines is 1. The van der Waals surface area contributed by atoms with E-state index in [0.717, 1.165) is 5.56 Å². The Morgan fingerprint density at radius 2 is 1.79 bits per heavy atom. The molecule has 1 atom stereocenters. The normalized spacial score (nSPS) is 11.9. The van der Waals surface area contributed by atoms with Gasteiger partial charge in [-0.1, -0.05) is 71.9 Å². The lowest BCUT2D eigenvalue weighted by atomic mass is 10.1. The molecular formula is C25H22ClN3O3S. The summed E-state index contributed by atoms with van der Waals surface area (Å²) in [5.74, 6) is -0.212. The van der Waals surface area contributed by atoms with Crippen LogP contribution >= 0.6 is 23.4 Å². The third-order valence-electron chi connectivity index (χ3n) is 5.01. The third-order valence-corrected chi connectivity index (χ3v) is 6.49. The van der Waals surface area contributed by atoms with E-state index in [4.69, 9.17) is 21.3 Å². The van der Waals surface area contributed by atoms with Gasteiger partial charge in [-0.25, -0.2) is 4.98 Å². The number of ether oxygens (including phenoxy) is 1. The predicted molar refractivity (Wildman–Crippen MR) is 133 cm³/mol. The molecule has 0 fully saturated rings. The fourth-order valence-corrected chi connectivity index (χ4v) is 4.67. The van der Waals surface area contributed by atoms with Crippen molar-refractivity contribution < 1.29 is 9.53 Å². The molecule has 1 heterocycles. The van der Waals surface area contributed by atoms with Crippen LogP contribution in [-0.4, -0.2) is 29.2 Å². The molecule has 0 bridgehead atoms. The Morgan fingerprint density at radius 1 is 1.09 bits per heavy atom. The van der Waals surface area contributed by atoms with Crippen LogP contribution < -0.4 is 10.9 Å². The lowest BCUT2D eigenvalue weighted by molar-refractivity contribution is -0.115. The van der Waals surface area contributed by atoms with Crippen molar-refractivity contribution in [2.24, 2.45) is 0 Å². The standard InChI is InChI=1S/C25H22ClN3O3S/c1-32-15-14-29-24(31)20-13-12-18(26)16-21(20)28-25(29)33-22(17-8-4-2-5-9-17)23(30)27-19-10-6-3-7-11-19/h2-13,16,22H,14-15H2,1H3,(H,27,30)/t22-/m0/s1. The second kappa shape index (κ2) is 10.7. The van der Waals surface area contributed by atoms with Gasteiger partial charge < -0.3 is 10.1 Å². The number of nitrogens with zero attached hydrogens (tertiary/aromatic N) is 2. The van der Waals surface area contributed by atoms with E-state index in [9.17, 15) is 9.59 Å². The first-order valence-corrected chi connectivity index (χ1v) is 11.6. The molecule has 0 aliphatic heterocycles. The number of methoxy groups -OCH3 is 1. The first kappa shape index (κ1) is 23.0. The first-order valence-electron chi connectivity index (χ1n) is 10.3. The summed E-state index contributed by atoms with van der Waals surface area (Å²) in [5, 5.41) is 3.70. The van der Waals surface area contributed by atoms with E-state index in [-0.39, 0.29) is 11.5 Å². The fraction of sp³-hybridized carbons (Fsp3) is 0.160. The Hall–Kier alpha value is -3.13. The van der Waals surface area contributed by atoms with E-state index in [1.54, 1.807) is 29.9 Å². The minimum atomic E-state index is -0.635. The van der Waals surface area contributed by atoms with Crippen molar-refractivity contribution in [3.8, 4) is 0 Å². The van der Waals surface area contributed by atoms with E-state index < -0.39 is 5.25 Å². The average Bonchev–Trinajstić information content (AvgIpc) is 2.83. The summed E-state index contributed by atoms with van der Waals surface area (Å²) in [6.45, 7) is 0.644. The van der Waals surface area contributed by atoms with Gasteiger partial charge in [0.1, 0.15) is 5.25 Å².